The summed E-state index contributed by atoms with van der Waals surface area (Å²) in [7, 11) is 1.31. The van der Waals surface area contributed by atoms with Crippen LogP contribution in [0.5, 0.6) is 5.75 Å². The molecule has 2 aromatic carbocycles. The van der Waals surface area contributed by atoms with Crippen LogP contribution in [0.2, 0.25) is 0 Å². The van der Waals surface area contributed by atoms with Gasteiger partial charge < -0.3 is 19.7 Å². The number of carbonyl (C=O) groups is 2. The summed E-state index contributed by atoms with van der Waals surface area (Å²) >= 11 is 0. The number of esters is 1. The molecule has 0 aromatic heterocycles. The second-order valence-corrected chi connectivity index (χ2v) is 7.02. The van der Waals surface area contributed by atoms with Crippen molar-refractivity contribution in [3.63, 3.8) is 0 Å². The maximum Gasteiger partial charge on any atom is 0.343 e. The second-order valence-electron chi connectivity index (χ2n) is 7.02. The van der Waals surface area contributed by atoms with Gasteiger partial charge in [-0.3, -0.25) is 0 Å². The summed E-state index contributed by atoms with van der Waals surface area (Å²) in [6, 6.07) is 15.4. The third-order valence-electron chi connectivity index (χ3n) is 4.91. The van der Waals surface area contributed by atoms with Gasteiger partial charge in [-0.05, 0) is 49.6 Å². The van der Waals surface area contributed by atoms with E-state index in [2.05, 4.69) is 41.2 Å². The van der Waals surface area contributed by atoms with Crippen molar-refractivity contribution in [2.24, 2.45) is 0 Å². The molecule has 1 aliphatic heterocycles. The Hall–Kier alpha value is -3.02. The lowest BCUT2D eigenvalue weighted by atomic mass is 9.90. The van der Waals surface area contributed by atoms with Gasteiger partial charge in [0.25, 0.3) is 0 Å². The zero-order valence-corrected chi connectivity index (χ0v) is 16.3. The van der Waals surface area contributed by atoms with E-state index in [1.807, 2.05) is 4.90 Å². The summed E-state index contributed by atoms with van der Waals surface area (Å²) in [5.41, 5.74) is 3.23. The zero-order chi connectivity index (χ0) is 19.9. The number of aryl methyl sites for hydroxylation is 1. The van der Waals surface area contributed by atoms with Crippen molar-refractivity contribution in [2.45, 2.75) is 25.7 Å². The first-order valence-electron chi connectivity index (χ1n) is 9.47. The molecule has 6 nitrogen and oxygen atoms in total. The molecule has 0 spiro atoms. The molecule has 0 saturated carbocycles. The van der Waals surface area contributed by atoms with Crippen LogP contribution in [0.15, 0.2) is 48.5 Å². The van der Waals surface area contributed by atoms with Crippen LogP contribution in [-0.4, -0.2) is 43.7 Å². The van der Waals surface area contributed by atoms with Crippen LogP contribution >= 0.6 is 0 Å². The number of benzene rings is 2. The number of hydrogen-bond donors (Lipinski definition) is 1. The summed E-state index contributed by atoms with van der Waals surface area (Å²) in [6.07, 6.45) is 2.09. The number of anilines is 1. The average molecular weight is 382 g/mol. The maximum absolute atomic E-state index is 12.7. The predicted molar refractivity (Wildman–Crippen MR) is 108 cm³/mol. The highest BCUT2D eigenvalue weighted by Crippen LogP contribution is 2.28. The number of hydrogen-bond acceptors (Lipinski definition) is 4. The SMILES string of the molecule is COC(=O)COc1ccc(NC(=O)N2CCC[C@H](c3cccc(C)c3)C2)cc1. The normalized spacial score (nSPS) is 16.4. The Bertz CT molecular complexity index is 820. The smallest absolute Gasteiger partial charge is 0.343 e. The monoisotopic (exact) mass is 382 g/mol. The molecule has 148 valence electrons. The van der Waals surface area contributed by atoms with Gasteiger partial charge in [0.05, 0.1) is 7.11 Å². The molecule has 3 rings (SSSR count). The van der Waals surface area contributed by atoms with Crippen molar-refractivity contribution in [3.8, 4) is 5.75 Å². The average Bonchev–Trinajstić information content (AvgIpc) is 2.73. The van der Waals surface area contributed by atoms with E-state index in [0.29, 0.717) is 17.4 Å². The minimum absolute atomic E-state index is 0.0967. The Balaban J connectivity index is 1.56. The summed E-state index contributed by atoms with van der Waals surface area (Å²) in [5.74, 6) is 0.472. The van der Waals surface area contributed by atoms with Crippen LogP contribution in [-0.2, 0) is 9.53 Å². The highest BCUT2D eigenvalue weighted by molar-refractivity contribution is 5.89. The number of rotatable bonds is 5. The highest BCUT2D eigenvalue weighted by atomic mass is 16.6. The van der Waals surface area contributed by atoms with Gasteiger partial charge >= 0.3 is 12.0 Å². The van der Waals surface area contributed by atoms with Gasteiger partial charge in [-0.2, -0.15) is 0 Å². The fourth-order valence-electron chi connectivity index (χ4n) is 3.40. The number of ether oxygens (including phenoxy) is 2. The van der Waals surface area contributed by atoms with Crippen LogP contribution in [0.4, 0.5) is 10.5 Å². The molecular weight excluding hydrogens is 356 g/mol. The predicted octanol–water partition coefficient (Wildman–Crippen LogP) is 3.96. The van der Waals surface area contributed by atoms with Crippen molar-refractivity contribution in [2.75, 3.05) is 32.1 Å². The molecule has 2 amide bonds. The second kappa shape index (κ2) is 9.26. The molecule has 1 fully saturated rings. The molecule has 6 heteroatoms. The summed E-state index contributed by atoms with van der Waals surface area (Å²) in [4.78, 5) is 25.7. The lowest BCUT2D eigenvalue weighted by Crippen LogP contribution is -2.41. The number of piperidine rings is 1. The van der Waals surface area contributed by atoms with Crippen molar-refractivity contribution in [1.82, 2.24) is 4.90 Å². The van der Waals surface area contributed by atoms with Crippen molar-refractivity contribution >= 4 is 17.7 Å². The molecule has 1 N–H and O–H groups in total. The number of urea groups is 1. The van der Waals surface area contributed by atoms with E-state index in [-0.39, 0.29) is 12.6 Å². The van der Waals surface area contributed by atoms with Gasteiger partial charge in [-0.25, -0.2) is 9.59 Å². The highest BCUT2D eigenvalue weighted by Gasteiger charge is 2.24. The molecule has 0 aliphatic carbocycles. The third kappa shape index (κ3) is 5.25. The summed E-state index contributed by atoms with van der Waals surface area (Å²) in [6.45, 7) is 3.43. The Kier molecular flexibility index (Phi) is 6.53. The van der Waals surface area contributed by atoms with E-state index < -0.39 is 5.97 Å². The van der Waals surface area contributed by atoms with E-state index in [0.717, 1.165) is 25.9 Å². The Labute approximate surface area is 165 Å². The molecule has 1 saturated heterocycles. The Morgan fingerprint density at radius 1 is 1.18 bits per heavy atom. The molecule has 0 radical (unpaired) electrons. The Morgan fingerprint density at radius 3 is 2.68 bits per heavy atom. The number of methoxy groups -OCH3 is 1. The van der Waals surface area contributed by atoms with Gasteiger partial charge in [-0.15, -0.1) is 0 Å². The van der Waals surface area contributed by atoms with E-state index >= 15 is 0 Å². The molecule has 0 unspecified atom stereocenters. The van der Waals surface area contributed by atoms with Gasteiger partial charge in [-0.1, -0.05) is 29.8 Å². The first-order chi connectivity index (χ1) is 13.5. The molecule has 2 aromatic rings. The lowest BCUT2D eigenvalue weighted by molar-refractivity contribution is -0.142. The first kappa shape index (κ1) is 19.7. The molecule has 1 heterocycles. The lowest BCUT2D eigenvalue weighted by Gasteiger charge is -2.33. The van der Waals surface area contributed by atoms with Crippen LogP contribution in [0.3, 0.4) is 0 Å². The molecule has 1 aliphatic rings. The first-order valence-corrected chi connectivity index (χ1v) is 9.47. The molecule has 28 heavy (non-hydrogen) atoms. The van der Waals surface area contributed by atoms with E-state index in [1.165, 1.54) is 18.2 Å². The number of amides is 2. The van der Waals surface area contributed by atoms with Crippen LogP contribution in [0, 0.1) is 6.92 Å². The number of nitrogens with zero attached hydrogens (tertiary/aromatic N) is 1. The molecule has 0 bridgehead atoms. The number of nitrogens with one attached hydrogen (secondary N) is 1. The van der Waals surface area contributed by atoms with Crippen LogP contribution < -0.4 is 10.1 Å². The van der Waals surface area contributed by atoms with Gasteiger partial charge in [0.1, 0.15) is 5.75 Å². The van der Waals surface area contributed by atoms with Gasteiger partial charge in [0.2, 0.25) is 0 Å². The minimum atomic E-state index is -0.439. The van der Waals surface area contributed by atoms with Crippen molar-refractivity contribution < 1.29 is 19.1 Å². The van der Waals surface area contributed by atoms with Crippen molar-refractivity contribution in [1.29, 1.82) is 0 Å². The number of likely N-dealkylation sites (tertiary alicyclic amines) is 1. The van der Waals surface area contributed by atoms with Crippen LogP contribution in [0.1, 0.15) is 29.9 Å². The fraction of sp³-hybridized carbons (Fsp3) is 0.364. The van der Waals surface area contributed by atoms with E-state index in [1.54, 1.807) is 24.3 Å². The van der Waals surface area contributed by atoms with Crippen LogP contribution in [0.25, 0.3) is 0 Å². The van der Waals surface area contributed by atoms with Gasteiger partial charge in [0.15, 0.2) is 6.61 Å². The number of carbonyl (C=O) groups excluding carboxylic acids is 2. The molecule has 1 atom stereocenters. The third-order valence-corrected chi connectivity index (χ3v) is 4.91. The fourth-order valence-corrected chi connectivity index (χ4v) is 3.40. The van der Waals surface area contributed by atoms with Crippen molar-refractivity contribution in [3.05, 3.63) is 59.7 Å². The van der Waals surface area contributed by atoms with E-state index in [9.17, 15) is 9.59 Å². The van der Waals surface area contributed by atoms with E-state index in [4.69, 9.17) is 4.74 Å². The quantitative estimate of drug-likeness (QED) is 0.795. The zero-order valence-electron chi connectivity index (χ0n) is 16.3. The standard InChI is InChI=1S/C22H26N2O4/c1-16-5-3-6-17(13-16)18-7-4-12-24(14-18)22(26)23-19-8-10-20(11-9-19)28-15-21(25)27-2/h3,5-6,8-11,13,18H,4,7,12,14-15H2,1-2H3,(H,23,26)/t18-/m0/s1. The summed E-state index contributed by atoms with van der Waals surface area (Å²) in [5, 5.41) is 2.94. The molecular formula is C22H26N2O4. The minimum Gasteiger partial charge on any atom is -0.482 e. The topological polar surface area (TPSA) is 67.9 Å². The maximum atomic E-state index is 12.7. The van der Waals surface area contributed by atoms with Gasteiger partial charge in [0, 0.05) is 24.7 Å². The summed E-state index contributed by atoms with van der Waals surface area (Å²) < 4.78 is 9.85. The Morgan fingerprint density at radius 2 is 1.96 bits per heavy atom. The largest absolute Gasteiger partial charge is 0.482 e.